The maximum atomic E-state index is 14.0. The molecule has 0 bridgehead atoms. The first kappa shape index (κ1) is 16.8. The summed E-state index contributed by atoms with van der Waals surface area (Å²) in [6, 6.07) is 8.45. The number of alkyl halides is 3. The Morgan fingerprint density at radius 2 is 1.92 bits per heavy atom. The van der Waals surface area contributed by atoms with Crippen molar-refractivity contribution < 1.29 is 18.0 Å². The maximum Gasteiger partial charge on any atom is 0.409 e. The number of nitrogens with zero attached hydrogens (tertiary/aromatic N) is 1. The van der Waals surface area contributed by atoms with Crippen molar-refractivity contribution in [2.75, 3.05) is 0 Å². The molecular weight excluding hydrogens is 317 g/mol. The molecule has 128 valence electrons. The van der Waals surface area contributed by atoms with E-state index in [1.807, 2.05) is 19.1 Å². The third kappa shape index (κ3) is 2.86. The van der Waals surface area contributed by atoms with Crippen molar-refractivity contribution in [2.45, 2.75) is 44.9 Å². The van der Waals surface area contributed by atoms with Crippen molar-refractivity contribution in [3.63, 3.8) is 0 Å². The van der Waals surface area contributed by atoms with Crippen LogP contribution in [-0.2, 0) is 4.79 Å². The van der Waals surface area contributed by atoms with Gasteiger partial charge in [-0.1, -0.05) is 42.0 Å². The Balaban J connectivity index is 2.22. The fourth-order valence-electron chi connectivity index (χ4n) is 3.33. The van der Waals surface area contributed by atoms with Crippen molar-refractivity contribution in [2.24, 2.45) is 0 Å². The van der Waals surface area contributed by atoms with E-state index in [2.05, 4.69) is 5.43 Å². The number of hydrogen-bond acceptors (Lipinski definition) is 2. The van der Waals surface area contributed by atoms with Gasteiger partial charge in [-0.3, -0.25) is 10.2 Å². The van der Waals surface area contributed by atoms with Crippen LogP contribution in [0.2, 0.25) is 0 Å². The number of rotatable bonds is 2. The van der Waals surface area contributed by atoms with Gasteiger partial charge in [0.05, 0.1) is 0 Å². The predicted molar refractivity (Wildman–Crippen MR) is 86.2 cm³/mol. The third-order valence-electron chi connectivity index (χ3n) is 4.42. The van der Waals surface area contributed by atoms with E-state index < -0.39 is 23.7 Å². The molecule has 1 atom stereocenters. The number of halogens is 3. The van der Waals surface area contributed by atoms with Gasteiger partial charge in [-0.2, -0.15) is 18.2 Å². The smallest absolute Gasteiger partial charge is 0.287 e. The molecule has 1 heterocycles. The molecule has 0 radical (unpaired) electrons. The molecule has 1 aliphatic heterocycles. The monoisotopic (exact) mass is 336 g/mol. The highest BCUT2D eigenvalue weighted by molar-refractivity contribution is 5.87. The zero-order chi connectivity index (χ0) is 17.7. The highest BCUT2D eigenvalue weighted by Crippen LogP contribution is 2.44. The molecule has 2 aromatic carbocycles. The van der Waals surface area contributed by atoms with Gasteiger partial charge in [-0.15, -0.1) is 0 Å². The number of aryl methyl sites for hydroxylation is 1. The Hall–Kier alpha value is -2.08. The van der Waals surface area contributed by atoms with Gasteiger partial charge in [0, 0.05) is 12.0 Å². The highest BCUT2D eigenvalue weighted by Gasteiger charge is 2.53. The maximum absolute atomic E-state index is 14.0. The molecule has 1 N–H and O–H groups in total. The van der Waals surface area contributed by atoms with E-state index in [9.17, 15) is 18.0 Å². The molecule has 0 spiro atoms. The lowest BCUT2D eigenvalue weighted by Crippen LogP contribution is -2.51. The molecule has 24 heavy (non-hydrogen) atoms. The van der Waals surface area contributed by atoms with Crippen molar-refractivity contribution >= 4 is 16.7 Å². The summed E-state index contributed by atoms with van der Waals surface area (Å²) in [4.78, 5) is 11.7. The standard InChI is InChI=1S/C18H19F3N2O/c1-11-7-8-12-5-4-6-13(14(12)9-11)16(18(19,20)21)23-17(2,3)10-15(24)22-23/h4-9,16H,10H2,1-3H3,(H,22,24). The Morgan fingerprint density at radius 1 is 1.21 bits per heavy atom. The average molecular weight is 336 g/mol. The first-order valence-electron chi connectivity index (χ1n) is 7.74. The van der Waals surface area contributed by atoms with E-state index in [-0.39, 0.29) is 12.0 Å². The molecular formula is C18H19F3N2O. The number of hydrazine groups is 1. The van der Waals surface area contributed by atoms with E-state index in [1.54, 1.807) is 32.0 Å². The summed E-state index contributed by atoms with van der Waals surface area (Å²) in [5.41, 5.74) is 2.52. The van der Waals surface area contributed by atoms with Crippen molar-refractivity contribution in [1.29, 1.82) is 0 Å². The number of carbonyl (C=O) groups is 1. The van der Waals surface area contributed by atoms with Gasteiger partial charge < -0.3 is 0 Å². The van der Waals surface area contributed by atoms with Crippen LogP contribution in [0.1, 0.15) is 37.4 Å². The minimum Gasteiger partial charge on any atom is -0.287 e. The molecule has 0 aromatic heterocycles. The topological polar surface area (TPSA) is 32.3 Å². The van der Waals surface area contributed by atoms with E-state index in [4.69, 9.17) is 0 Å². The van der Waals surface area contributed by atoms with Crippen LogP contribution in [0.15, 0.2) is 36.4 Å². The molecule has 1 amide bonds. The second kappa shape index (κ2) is 5.48. The van der Waals surface area contributed by atoms with Crippen LogP contribution < -0.4 is 5.43 Å². The normalized spacial score (nSPS) is 19.5. The van der Waals surface area contributed by atoms with E-state index in [0.29, 0.717) is 5.39 Å². The second-order valence-electron chi connectivity index (χ2n) is 6.91. The second-order valence-corrected chi connectivity index (χ2v) is 6.91. The molecule has 1 saturated heterocycles. The lowest BCUT2D eigenvalue weighted by Gasteiger charge is -2.38. The average Bonchev–Trinajstić information content (AvgIpc) is 2.71. The third-order valence-corrected chi connectivity index (χ3v) is 4.42. The Morgan fingerprint density at radius 3 is 2.50 bits per heavy atom. The Kier molecular flexibility index (Phi) is 3.83. The number of carbonyl (C=O) groups excluding carboxylic acids is 1. The van der Waals surface area contributed by atoms with E-state index in [1.165, 1.54) is 6.07 Å². The van der Waals surface area contributed by atoms with Crippen LogP contribution in [0.25, 0.3) is 10.8 Å². The summed E-state index contributed by atoms with van der Waals surface area (Å²) in [6.45, 7) is 5.13. The molecule has 3 rings (SSSR count). The van der Waals surface area contributed by atoms with Gasteiger partial charge in [-0.25, -0.2) is 0 Å². The molecule has 3 nitrogen and oxygen atoms in total. The van der Waals surface area contributed by atoms with Crippen LogP contribution in [0.3, 0.4) is 0 Å². The molecule has 1 unspecified atom stereocenters. The minimum absolute atomic E-state index is 0.0311. The minimum atomic E-state index is -4.52. The molecule has 0 aliphatic carbocycles. The number of hydrogen-bond donors (Lipinski definition) is 1. The molecule has 1 fully saturated rings. The zero-order valence-electron chi connectivity index (χ0n) is 13.7. The Labute approximate surface area is 138 Å². The summed E-state index contributed by atoms with van der Waals surface area (Å²) in [5, 5.41) is 2.35. The fourth-order valence-corrected chi connectivity index (χ4v) is 3.33. The summed E-state index contributed by atoms with van der Waals surface area (Å²) in [7, 11) is 0. The van der Waals surface area contributed by atoms with Gasteiger partial charge in [0.1, 0.15) is 0 Å². The van der Waals surface area contributed by atoms with E-state index in [0.717, 1.165) is 16.0 Å². The quantitative estimate of drug-likeness (QED) is 0.888. The van der Waals surface area contributed by atoms with Gasteiger partial charge in [0.25, 0.3) is 0 Å². The largest absolute Gasteiger partial charge is 0.409 e. The van der Waals surface area contributed by atoms with Crippen molar-refractivity contribution in [3.05, 3.63) is 47.5 Å². The Bertz CT molecular complexity index is 798. The van der Waals surface area contributed by atoms with Crippen molar-refractivity contribution in [1.82, 2.24) is 10.4 Å². The van der Waals surface area contributed by atoms with Crippen LogP contribution in [0.4, 0.5) is 13.2 Å². The number of fused-ring (bicyclic) bond motifs is 1. The number of amides is 1. The lowest BCUT2D eigenvalue weighted by molar-refractivity contribution is -0.203. The number of benzene rings is 2. The SMILES string of the molecule is Cc1ccc2cccc(C(N3NC(=O)CC3(C)C)C(F)(F)F)c2c1. The summed E-state index contributed by atoms with van der Waals surface area (Å²) in [5.74, 6) is -0.398. The lowest BCUT2D eigenvalue weighted by atomic mass is 9.93. The van der Waals surface area contributed by atoms with Crippen LogP contribution in [0, 0.1) is 6.92 Å². The summed E-state index contributed by atoms with van der Waals surface area (Å²) < 4.78 is 41.9. The summed E-state index contributed by atoms with van der Waals surface area (Å²) >= 11 is 0. The number of nitrogens with one attached hydrogen (secondary N) is 1. The molecule has 1 aliphatic rings. The van der Waals surface area contributed by atoms with Gasteiger partial charge in [0.15, 0.2) is 6.04 Å². The van der Waals surface area contributed by atoms with Gasteiger partial charge >= 0.3 is 6.18 Å². The molecule has 2 aromatic rings. The summed E-state index contributed by atoms with van der Waals surface area (Å²) in [6.07, 6.45) is -4.49. The van der Waals surface area contributed by atoms with Gasteiger partial charge in [0.2, 0.25) is 5.91 Å². The highest BCUT2D eigenvalue weighted by atomic mass is 19.4. The van der Waals surface area contributed by atoms with E-state index >= 15 is 0 Å². The molecule has 6 heteroatoms. The molecule has 0 saturated carbocycles. The first-order valence-corrected chi connectivity index (χ1v) is 7.74. The zero-order valence-corrected chi connectivity index (χ0v) is 13.7. The van der Waals surface area contributed by atoms with Gasteiger partial charge in [-0.05, 0) is 37.1 Å². The first-order chi connectivity index (χ1) is 11.1. The predicted octanol–water partition coefficient (Wildman–Crippen LogP) is 4.27. The fraction of sp³-hybridized carbons (Fsp3) is 0.389. The van der Waals surface area contributed by atoms with Crippen LogP contribution in [0.5, 0.6) is 0 Å². The van der Waals surface area contributed by atoms with Crippen LogP contribution >= 0.6 is 0 Å². The van der Waals surface area contributed by atoms with Crippen molar-refractivity contribution in [3.8, 4) is 0 Å². The van der Waals surface area contributed by atoms with Crippen LogP contribution in [-0.4, -0.2) is 22.6 Å².